The fourth-order valence-electron chi connectivity index (χ4n) is 1.72. The van der Waals surface area contributed by atoms with Crippen LogP contribution in [0.5, 0.6) is 0 Å². The van der Waals surface area contributed by atoms with E-state index in [2.05, 4.69) is 18.7 Å². The summed E-state index contributed by atoms with van der Waals surface area (Å²) < 4.78 is 5.57. The maximum Gasteiger partial charge on any atom is 0.0768 e. The monoisotopic (exact) mass is 216 g/mol. The Labute approximate surface area is 91.6 Å². The summed E-state index contributed by atoms with van der Waals surface area (Å²) in [5, 5.41) is 0. The highest BCUT2D eigenvalue weighted by molar-refractivity contribution is 7.80. The second kappa shape index (κ2) is 5.63. The first-order valence-electron chi connectivity index (χ1n) is 5.23. The molecule has 0 saturated carbocycles. The molecule has 1 rings (SSSR count). The Kier molecular flexibility index (Phi) is 4.78. The van der Waals surface area contributed by atoms with Crippen LogP contribution in [-0.2, 0) is 4.74 Å². The van der Waals surface area contributed by atoms with Crippen molar-refractivity contribution in [2.45, 2.75) is 26.4 Å². The lowest BCUT2D eigenvalue weighted by molar-refractivity contribution is 0.0670. The molecule has 1 fully saturated rings. The highest BCUT2D eigenvalue weighted by atomic mass is 32.1. The summed E-state index contributed by atoms with van der Waals surface area (Å²) in [6, 6.07) is 0. The van der Waals surface area contributed by atoms with E-state index >= 15 is 0 Å². The number of rotatable bonds is 3. The maximum absolute atomic E-state index is 5.60. The lowest BCUT2D eigenvalue weighted by Crippen LogP contribution is -2.37. The third-order valence-corrected chi connectivity index (χ3v) is 2.96. The van der Waals surface area contributed by atoms with Gasteiger partial charge in [-0.3, -0.25) is 0 Å². The summed E-state index contributed by atoms with van der Waals surface area (Å²) in [5.41, 5.74) is 5.60. The van der Waals surface area contributed by atoms with Crippen molar-refractivity contribution in [3.8, 4) is 0 Å². The molecule has 0 radical (unpaired) electrons. The topological polar surface area (TPSA) is 38.5 Å². The predicted octanol–water partition coefficient (Wildman–Crippen LogP) is 1.02. The van der Waals surface area contributed by atoms with Crippen molar-refractivity contribution in [2.24, 2.45) is 11.7 Å². The van der Waals surface area contributed by atoms with Gasteiger partial charge in [0.15, 0.2) is 0 Å². The molecule has 0 spiro atoms. The molecule has 0 aromatic heterocycles. The Morgan fingerprint density at radius 2 is 2.43 bits per heavy atom. The van der Waals surface area contributed by atoms with Gasteiger partial charge in [0.1, 0.15) is 0 Å². The summed E-state index contributed by atoms with van der Waals surface area (Å²) in [6.07, 6.45) is 1.44. The first kappa shape index (κ1) is 11.9. The lowest BCUT2D eigenvalue weighted by Gasteiger charge is -2.24. The van der Waals surface area contributed by atoms with Crippen molar-refractivity contribution in [1.82, 2.24) is 4.90 Å². The van der Waals surface area contributed by atoms with E-state index in [1.54, 1.807) is 0 Å². The first-order valence-corrected chi connectivity index (χ1v) is 5.63. The van der Waals surface area contributed by atoms with Crippen molar-refractivity contribution in [1.29, 1.82) is 0 Å². The molecule has 2 unspecified atom stereocenters. The summed E-state index contributed by atoms with van der Waals surface area (Å²) >= 11 is 4.97. The SMILES string of the molecule is CC1CN(CC(C)C(N)=S)CCCO1. The minimum Gasteiger partial charge on any atom is -0.393 e. The largest absolute Gasteiger partial charge is 0.393 e. The Morgan fingerprint density at radius 1 is 1.71 bits per heavy atom. The second-order valence-corrected chi connectivity index (χ2v) is 4.57. The van der Waals surface area contributed by atoms with Crippen LogP contribution in [-0.4, -0.2) is 42.2 Å². The molecule has 0 aromatic rings. The zero-order valence-corrected chi connectivity index (χ0v) is 9.85. The van der Waals surface area contributed by atoms with E-state index in [0.29, 0.717) is 17.0 Å². The van der Waals surface area contributed by atoms with E-state index in [1.807, 2.05) is 0 Å². The van der Waals surface area contributed by atoms with Gasteiger partial charge in [-0.1, -0.05) is 19.1 Å². The molecule has 1 heterocycles. The van der Waals surface area contributed by atoms with Gasteiger partial charge in [0.2, 0.25) is 0 Å². The highest BCUT2D eigenvalue weighted by Crippen LogP contribution is 2.08. The fourth-order valence-corrected chi connectivity index (χ4v) is 1.80. The average molecular weight is 216 g/mol. The van der Waals surface area contributed by atoms with Gasteiger partial charge in [0, 0.05) is 32.2 Å². The minimum atomic E-state index is 0.301. The Morgan fingerprint density at radius 3 is 3.07 bits per heavy atom. The number of hydrogen-bond donors (Lipinski definition) is 1. The smallest absolute Gasteiger partial charge is 0.0768 e. The summed E-state index contributed by atoms with van der Waals surface area (Å²) in [5.74, 6) is 0.301. The van der Waals surface area contributed by atoms with Crippen LogP contribution in [0.3, 0.4) is 0 Å². The molecule has 1 aliphatic rings. The standard InChI is InChI=1S/C10H20N2OS/c1-8(10(11)14)6-12-4-3-5-13-9(2)7-12/h8-9H,3-7H2,1-2H3,(H2,11,14). The zero-order valence-electron chi connectivity index (χ0n) is 9.03. The maximum atomic E-state index is 5.60. The molecule has 0 bridgehead atoms. The van der Waals surface area contributed by atoms with Crippen molar-refractivity contribution in [3.63, 3.8) is 0 Å². The van der Waals surface area contributed by atoms with Gasteiger partial charge in [-0.15, -0.1) is 0 Å². The van der Waals surface area contributed by atoms with Gasteiger partial charge >= 0.3 is 0 Å². The first-order chi connectivity index (χ1) is 6.59. The van der Waals surface area contributed by atoms with Crippen LogP contribution < -0.4 is 5.73 Å². The number of ether oxygens (including phenoxy) is 1. The van der Waals surface area contributed by atoms with Crippen LogP contribution in [0.25, 0.3) is 0 Å². The van der Waals surface area contributed by atoms with Crippen LogP contribution in [0.1, 0.15) is 20.3 Å². The van der Waals surface area contributed by atoms with Crippen LogP contribution in [0.2, 0.25) is 0 Å². The van der Waals surface area contributed by atoms with Gasteiger partial charge in [0.25, 0.3) is 0 Å². The number of nitrogens with two attached hydrogens (primary N) is 1. The average Bonchev–Trinajstić information content (AvgIpc) is 2.29. The molecule has 1 saturated heterocycles. The van der Waals surface area contributed by atoms with Crippen molar-refractivity contribution < 1.29 is 4.74 Å². The molecule has 2 atom stereocenters. The Balaban J connectivity index is 2.38. The molecule has 4 heteroatoms. The molecule has 1 aliphatic heterocycles. The van der Waals surface area contributed by atoms with Crippen LogP contribution >= 0.6 is 12.2 Å². The van der Waals surface area contributed by atoms with Gasteiger partial charge < -0.3 is 15.4 Å². The van der Waals surface area contributed by atoms with E-state index in [9.17, 15) is 0 Å². The molecule has 0 aromatic carbocycles. The van der Waals surface area contributed by atoms with Gasteiger partial charge in [-0.2, -0.15) is 0 Å². The predicted molar refractivity (Wildman–Crippen MR) is 62.4 cm³/mol. The summed E-state index contributed by atoms with van der Waals surface area (Å²) in [4.78, 5) is 3.00. The quantitative estimate of drug-likeness (QED) is 0.715. The molecule has 3 nitrogen and oxygen atoms in total. The molecule has 82 valence electrons. The van der Waals surface area contributed by atoms with Crippen molar-refractivity contribution in [3.05, 3.63) is 0 Å². The minimum absolute atomic E-state index is 0.301. The number of nitrogens with zero attached hydrogens (tertiary/aromatic N) is 1. The summed E-state index contributed by atoms with van der Waals surface area (Å²) in [7, 11) is 0. The fraction of sp³-hybridized carbons (Fsp3) is 0.900. The van der Waals surface area contributed by atoms with Crippen LogP contribution in [0.15, 0.2) is 0 Å². The summed E-state index contributed by atoms with van der Waals surface area (Å²) in [6.45, 7) is 8.12. The molecular weight excluding hydrogens is 196 g/mol. The highest BCUT2D eigenvalue weighted by Gasteiger charge is 2.17. The lowest BCUT2D eigenvalue weighted by atomic mass is 10.1. The molecule has 0 aliphatic carbocycles. The van der Waals surface area contributed by atoms with Crippen LogP contribution in [0.4, 0.5) is 0 Å². The molecule has 14 heavy (non-hydrogen) atoms. The Hall–Kier alpha value is -0.190. The van der Waals surface area contributed by atoms with Gasteiger partial charge in [-0.05, 0) is 13.3 Å². The van der Waals surface area contributed by atoms with Crippen molar-refractivity contribution in [2.75, 3.05) is 26.2 Å². The molecule has 0 amide bonds. The number of thiocarbonyl (C=S) groups is 1. The zero-order chi connectivity index (χ0) is 10.6. The molecular formula is C10H20N2OS. The normalized spacial score (nSPS) is 26.9. The third kappa shape index (κ3) is 3.90. The van der Waals surface area contributed by atoms with E-state index in [-0.39, 0.29) is 0 Å². The Bertz CT molecular complexity index is 199. The van der Waals surface area contributed by atoms with Crippen molar-refractivity contribution >= 4 is 17.2 Å². The van der Waals surface area contributed by atoms with Crippen LogP contribution in [0, 0.1) is 5.92 Å². The second-order valence-electron chi connectivity index (χ2n) is 4.10. The van der Waals surface area contributed by atoms with E-state index < -0.39 is 0 Å². The van der Waals surface area contributed by atoms with Gasteiger partial charge in [0.05, 0.1) is 11.1 Å². The van der Waals surface area contributed by atoms with E-state index in [4.69, 9.17) is 22.7 Å². The van der Waals surface area contributed by atoms with E-state index in [0.717, 1.165) is 32.7 Å². The van der Waals surface area contributed by atoms with E-state index in [1.165, 1.54) is 0 Å². The third-order valence-electron chi connectivity index (χ3n) is 2.55. The number of hydrogen-bond acceptors (Lipinski definition) is 3. The van der Waals surface area contributed by atoms with Gasteiger partial charge in [-0.25, -0.2) is 0 Å². The molecule has 2 N–H and O–H groups in total.